The second-order valence-electron chi connectivity index (χ2n) is 4.85. The van der Waals surface area contributed by atoms with E-state index in [1.165, 1.54) is 11.3 Å². The van der Waals surface area contributed by atoms with Gasteiger partial charge in [0.15, 0.2) is 5.13 Å². The van der Waals surface area contributed by atoms with Crippen LogP contribution in [-0.2, 0) is 0 Å². The van der Waals surface area contributed by atoms with Gasteiger partial charge in [-0.25, -0.2) is 9.78 Å². The van der Waals surface area contributed by atoms with Gasteiger partial charge in [0.05, 0.1) is 17.6 Å². The van der Waals surface area contributed by atoms with Crippen LogP contribution < -0.4 is 16.0 Å². The molecular weight excluding hydrogens is 310 g/mol. The van der Waals surface area contributed by atoms with Gasteiger partial charge in [-0.2, -0.15) is 0 Å². The summed E-state index contributed by atoms with van der Waals surface area (Å²) in [6, 6.07) is 8.85. The van der Waals surface area contributed by atoms with Crippen LogP contribution in [0.25, 0.3) is 0 Å². The lowest BCUT2D eigenvalue weighted by molar-refractivity contribution is 0.259. The molecule has 0 radical (unpaired) electrons. The minimum Gasteiger partial charge on any atom is -0.351 e. The summed E-state index contributed by atoms with van der Waals surface area (Å²) in [5.74, 6) is 0. The third kappa shape index (κ3) is 3.29. The number of aromatic nitrogens is 2. The van der Waals surface area contributed by atoms with Crippen molar-refractivity contribution in [3.8, 4) is 0 Å². The maximum absolute atomic E-state index is 11.1. The molecule has 2 aromatic heterocycles. The number of nitrogens with two attached hydrogens (primary N) is 1. The Morgan fingerprint density at radius 1 is 1.30 bits per heavy atom. The minimum atomic E-state index is -0.595. The first-order valence-electron chi connectivity index (χ1n) is 6.92. The van der Waals surface area contributed by atoms with Gasteiger partial charge in [-0.1, -0.05) is 6.07 Å². The van der Waals surface area contributed by atoms with Gasteiger partial charge in [0.2, 0.25) is 0 Å². The molecule has 0 aliphatic rings. The highest BCUT2D eigenvalue weighted by atomic mass is 32.1. The zero-order valence-electron chi connectivity index (χ0n) is 12.4. The summed E-state index contributed by atoms with van der Waals surface area (Å²) in [5, 5.41) is 5.34. The van der Waals surface area contributed by atoms with Crippen LogP contribution in [0.4, 0.5) is 27.0 Å². The molecule has 3 rings (SSSR count). The highest BCUT2D eigenvalue weighted by Gasteiger charge is 2.17. The fourth-order valence-electron chi connectivity index (χ4n) is 2.24. The van der Waals surface area contributed by atoms with Crippen molar-refractivity contribution >= 4 is 39.6 Å². The summed E-state index contributed by atoms with van der Waals surface area (Å²) < 4.78 is 0. The van der Waals surface area contributed by atoms with E-state index in [-0.39, 0.29) is 0 Å². The highest BCUT2D eigenvalue weighted by molar-refractivity contribution is 7.13. The predicted octanol–water partition coefficient (Wildman–Crippen LogP) is 3.81. The lowest BCUT2D eigenvalue weighted by Crippen LogP contribution is -2.19. The van der Waals surface area contributed by atoms with Crippen molar-refractivity contribution in [2.45, 2.75) is 6.92 Å². The first kappa shape index (κ1) is 15.0. The van der Waals surface area contributed by atoms with E-state index in [1.54, 1.807) is 18.6 Å². The van der Waals surface area contributed by atoms with Crippen LogP contribution in [0.1, 0.15) is 5.56 Å². The Bertz CT molecular complexity index is 805. The van der Waals surface area contributed by atoms with E-state index in [1.807, 2.05) is 47.5 Å². The van der Waals surface area contributed by atoms with Crippen molar-refractivity contribution in [3.63, 3.8) is 0 Å². The fraction of sp³-hybridized carbons (Fsp3) is 0.0625. The minimum absolute atomic E-state index is 0.595. The van der Waals surface area contributed by atoms with Gasteiger partial charge in [-0.15, -0.1) is 11.3 Å². The van der Waals surface area contributed by atoms with Crippen LogP contribution in [0.5, 0.6) is 0 Å². The highest BCUT2D eigenvalue weighted by Crippen LogP contribution is 2.38. The number of pyridine rings is 1. The molecule has 0 fully saturated rings. The third-order valence-electron chi connectivity index (χ3n) is 3.23. The maximum atomic E-state index is 11.1. The van der Waals surface area contributed by atoms with E-state index in [0.29, 0.717) is 5.69 Å². The Morgan fingerprint density at radius 3 is 2.83 bits per heavy atom. The maximum Gasteiger partial charge on any atom is 0.316 e. The molecule has 0 spiro atoms. The van der Waals surface area contributed by atoms with Gasteiger partial charge < -0.3 is 11.1 Å². The van der Waals surface area contributed by atoms with Gasteiger partial charge in [0.1, 0.15) is 0 Å². The summed E-state index contributed by atoms with van der Waals surface area (Å²) in [7, 11) is 0. The Labute approximate surface area is 137 Å². The van der Waals surface area contributed by atoms with E-state index < -0.39 is 6.03 Å². The second-order valence-corrected chi connectivity index (χ2v) is 5.72. The molecule has 6 nitrogen and oxygen atoms in total. The van der Waals surface area contributed by atoms with Crippen molar-refractivity contribution in [2.75, 3.05) is 10.2 Å². The van der Waals surface area contributed by atoms with Crippen LogP contribution in [0.3, 0.4) is 0 Å². The Morgan fingerprint density at radius 2 is 2.17 bits per heavy atom. The van der Waals surface area contributed by atoms with Crippen molar-refractivity contribution in [1.82, 2.24) is 9.97 Å². The van der Waals surface area contributed by atoms with E-state index in [0.717, 1.165) is 22.1 Å². The SMILES string of the molecule is Cc1ccc(NC(N)=O)cc1N(c1cccnc1)c1nccs1. The zero-order chi connectivity index (χ0) is 16.2. The van der Waals surface area contributed by atoms with Gasteiger partial charge in [-0.05, 0) is 36.8 Å². The average Bonchev–Trinajstić information content (AvgIpc) is 3.05. The molecular formula is C16H15N5OS. The molecule has 2 amide bonds. The summed E-state index contributed by atoms with van der Waals surface area (Å²) in [6.07, 6.45) is 5.25. The number of nitrogens with one attached hydrogen (secondary N) is 1. The van der Waals surface area contributed by atoms with Gasteiger partial charge in [0.25, 0.3) is 0 Å². The smallest absolute Gasteiger partial charge is 0.316 e. The summed E-state index contributed by atoms with van der Waals surface area (Å²) in [6.45, 7) is 2.00. The summed E-state index contributed by atoms with van der Waals surface area (Å²) >= 11 is 1.52. The van der Waals surface area contributed by atoms with Gasteiger partial charge >= 0.3 is 6.03 Å². The molecule has 0 aliphatic heterocycles. The molecule has 0 atom stereocenters. The van der Waals surface area contributed by atoms with Crippen molar-refractivity contribution in [1.29, 1.82) is 0 Å². The van der Waals surface area contributed by atoms with E-state index in [4.69, 9.17) is 5.73 Å². The first-order chi connectivity index (χ1) is 11.1. The van der Waals surface area contributed by atoms with Crippen molar-refractivity contribution in [2.24, 2.45) is 5.73 Å². The number of anilines is 4. The average molecular weight is 325 g/mol. The van der Waals surface area contributed by atoms with E-state index in [9.17, 15) is 4.79 Å². The van der Waals surface area contributed by atoms with Crippen LogP contribution in [0.15, 0.2) is 54.3 Å². The number of rotatable bonds is 4. The monoisotopic (exact) mass is 325 g/mol. The number of carbonyl (C=O) groups excluding carboxylic acids is 1. The number of amides is 2. The lowest BCUT2D eigenvalue weighted by atomic mass is 10.1. The summed E-state index contributed by atoms with van der Waals surface area (Å²) in [4.78, 5) is 21.7. The number of nitrogens with zero attached hydrogens (tertiary/aromatic N) is 3. The number of thiazole rings is 1. The van der Waals surface area contributed by atoms with Crippen LogP contribution in [0, 0.1) is 6.92 Å². The van der Waals surface area contributed by atoms with Crippen molar-refractivity contribution < 1.29 is 4.79 Å². The standard InChI is InChI=1S/C16H15N5OS/c1-11-4-5-12(20-15(17)22)9-14(11)21(16-19-7-8-23-16)13-3-2-6-18-10-13/h2-10H,1H3,(H3,17,20,22). The second kappa shape index (κ2) is 6.45. The topological polar surface area (TPSA) is 84.1 Å². The van der Waals surface area contributed by atoms with Gasteiger partial charge in [-0.3, -0.25) is 9.88 Å². The molecule has 0 bridgehead atoms. The van der Waals surface area contributed by atoms with E-state index in [2.05, 4.69) is 15.3 Å². The number of hydrogen-bond donors (Lipinski definition) is 2. The van der Waals surface area contributed by atoms with E-state index >= 15 is 0 Å². The number of carbonyl (C=O) groups is 1. The molecule has 23 heavy (non-hydrogen) atoms. The Kier molecular flexibility index (Phi) is 4.20. The summed E-state index contributed by atoms with van der Waals surface area (Å²) in [5.41, 5.74) is 8.67. The molecule has 116 valence electrons. The first-order valence-corrected chi connectivity index (χ1v) is 7.80. The molecule has 3 N–H and O–H groups in total. The molecule has 2 heterocycles. The predicted molar refractivity (Wildman–Crippen MR) is 92.5 cm³/mol. The quantitative estimate of drug-likeness (QED) is 0.764. The molecule has 3 aromatic rings. The number of primary amides is 1. The molecule has 0 saturated carbocycles. The number of benzene rings is 1. The molecule has 0 aliphatic carbocycles. The van der Waals surface area contributed by atoms with Crippen LogP contribution in [-0.4, -0.2) is 16.0 Å². The molecule has 0 unspecified atom stereocenters. The number of hydrogen-bond acceptors (Lipinski definition) is 5. The Hall–Kier alpha value is -2.93. The molecule has 1 aromatic carbocycles. The molecule has 0 saturated heterocycles. The lowest BCUT2D eigenvalue weighted by Gasteiger charge is -2.24. The van der Waals surface area contributed by atoms with Crippen LogP contribution >= 0.6 is 11.3 Å². The third-order valence-corrected chi connectivity index (χ3v) is 3.99. The van der Waals surface area contributed by atoms with Gasteiger partial charge in [0, 0.05) is 23.5 Å². The largest absolute Gasteiger partial charge is 0.351 e. The fourth-order valence-corrected chi connectivity index (χ4v) is 2.91. The normalized spacial score (nSPS) is 10.3. The molecule has 7 heteroatoms. The number of urea groups is 1. The van der Waals surface area contributed by atoms with Crippen molar-refractivity contribution in [3.05, 3.63) is 59.9 Å². The Balaban J connectivity index is 2.12. The van der Waals surface area contributed by atoms with Crippen LogP contribution in [0.2, 0.25) is 0 Å². The zero-order valence-corrected chi connectivity index (χ0v) is 13.2. The number of aryl methyl sites for hydroxylation is 1.